The molecule has 0 radical (unpaired) electrons. The van der Waals surface area contributed by atoms with Crippen LogP contribution in [0.1, 0.15) is 27.2 Å². The molecule has 0 bridgehead atoms. The van der Waals surface area contributed by atoms with E-state index in [1.165, 1.54) is 5.69 Å². The molecule has 0 aromatic heterocycles. The van der Waals surface area contributed by atoms with Gasteiger partial charge in [0.1, 0.15) is 0 Å². The van der Waals surface area contributed by atoms with Gasteiger partial charge in [-0.3, -0.25) is 4.79 Å². The van der Waals surface area contributed by atoms with Crippen molar-refractivity contribution in [3.8, 4) is 0 Å². The van der Waals surface area contributed by atoms with Crippen molar-refractivity contribution >= 4 is 17.3 Å². The molecule has 2 rings (SSSR count). The van der Waals surface area contributed by atoms with Crippen molar-refractivity contribution in [3.63, 3.8) is 0 Å². The summed E-state index contributed by atoms with van der Waals surface area (Å²) in [6, 6.07) is 8.18. The lowest BCUT2D eigenvalue weighted by molar-refractivity contribution is -0.117. The van der Waals surface area contributed by atoms with Gasteiger partial charge in [0, 0.05) is 44.0 Å². The smallest absolute Gasteiger partial charge is 0.224 e. The van der Waals surface area contributed by atoms with Gasteiger partial charge in [0.2, 0.25) is 5.91 Å². The molecule has 1 N–H and O–H groups in total. The Labute approximate surface area is 128 Å². The molecule has 116 valence electrons. The zero-order valence-electron chi connectivity index (χ0n) is 13.6. The van der Waals surface area contributed by atoms with Crippen LogP contribution < -0.4 is 10.2 Å². The summed E-state index contributed by atoms with van der Waals surface area (Å²) >= 11 is 0. The predicted molar refractivity (Wildman–Crippen MR) is 88.9 cm³/mol. The van der Waals surface area contributed by atoms with Crippen LogP contribution in [-0.4, -0.2) is 44.0 Å². The lowest BCUT2D eigenvalue weighted by Gasteiger charge is -2.34. The fraction of sp³-hybridized carbons (Fsp3) is 0.588. The van der Waals surface area contributed by atoms with E-state index in [0.29, 0.717) is 6.42 Å². The van der Waals surface area contributed by atoms with Crippen LogP contribution in [0.5, 0.6) is 0 Å². The molecule has 1 aliphatic heterocycles. The highest BCUT2D eigenvalue weighted by Gasteiger charge is 2.16. The minimum Gasteiger partial charge on any atom is -0.369 e. The first kappa shape index (κ1) is 15.8. The minimum absolute atomic E-state index is 0.0177. The number of rotatable bonds is 3. The van der Waals surface area contributed by atoms with E-state index >= 15 is 0 Å². The molecule has 1 amide bonds. The van der Waals surface area contributed by atoms with Gasteiger partial charge in [-0.15, -0.1) is 0 Å². The van der Waals surface area contributed by atoms with Crippen LogP contribution in [0.15, 0.2) is 24.3 Å². The monoisotopic (exact) mass is 289 g/mol. The number of nitrogens with one attached hydrogen (secondary N) is 1. The van der Waals surface area contributed by atoms with Crippen molar-refractivity contribution in [1.82, 2.24) is 4.90 Å². The second-order valence-corrected chi connectivity index (χ2v) is 7.12. The van der Waals surface area contributed by atoms with Crippen molar-refractivity contribution in [3.05, 3.63) is 24.3 Å². The molecule has 1 aromatic carbocycles. The largest absolute Gasteiger partial charge is 0.369 e. The molecule has 0 unspecified atom stereocenters. The first-order valence-corrected chi connectivity index (χ1v) is 7.67. The number of piperazine rings is 1. The van der Waals surface area contributed by atoms with Crippen LogP contribution >= 0.6 is 0 Å². The zero-order chi connectivity index (χ0) is 15.5. The van der Waals surface area contributed by atoms with E-state index in [1.54, 1.807) is 0 Å². The van der Waals surface area contributed by atoms with E-state index < -0.39 is 0 Å². The van der Waals surface area contributed by atoms with Gasteiger partial charge in [-0.05, 0) is 36.7 Å². The Morgan fingerprint density at radius 1 is 1.10 bits per heavy atom. The van der Waals surface area contributed by atoms with Crippen LogP contribution in [0, 0.1) is 5.41 Å². The Kier molecular flexibility index (Phi) is 4.88. The van der Waals surface area contributed by atoms with Crippen molar-refractivity contribution in [2.45, 2.75) is 27.2 Å². The van der Waals surface area contributed by atoms with E-state index in [9.17, 15) is 4.79 Å². The Bertz CT molecular complexity index is 468. The van der Waals surface area contributed by atoms with E-state index in [0.717, 1.165) is 31.9 Å². The second-order valence-electron chi connectivity index (χ2n) is 7.12. The zero-order valence-corrected chi connectivity index (χ0v) is 13.6. The lowest BCUT2D eigenvalue weighted by atomic mass is 9.92. The molecular weight excluding hydrogens is 262 g/mol. The Balaban J connectivity index is 1.91. The van der Waals surface area contributed by atoms with Gasteiger partial charge >= 0.3 is 0 Å². The summed E-state index contributed by atoms with van der Waals surface area (Å²) in [5, 5.41) is 2.97. The fourth-order valence-corrected chi connectivity index (χ4v) is 2.51. The number of carbonyl (C=O) groups excluding carboxylic acids is 1. The molecule has 1 saturated heterocycles. The maximum atomic E-state index is 11.9. The second kappa shape index (κ2) is 6.48. The van der Waals surface area contributed by atoms with Crippen molar-refractivity contribution in [2.24, 2.45) is 5.41 Å². The van der Waals surface area contributed by atoms with Crippen molar-refractivity contribution in [2.75, 3.05) is 43.4 Å². The van der Waals surface area contributed by atoms with Gasteiger partial charge in [-0.2, -0.15) is 0 Å². The SMILES string of the molecule is CN1CCN(c2ccc(NC(=O)CC(C)(C)C)cc2)CC1. The first-order valence-electron chi connectivity index (χ1n) is 7.67. The van der Waals surface area contributed by atoms with Gasteiger partial charge in [-0.25, -0.2) is 0 Å². The van der Waals surface area contributed by atoms with E-state index in [4.69, 9.17) is 0 Å². The number of nitrogens with zero attached hydrogens (tertiary/aromatic N) is 2. The summed E-state index contributed by atoms with van der Waals surface area (Å²) in [4.78, 5) is 16.7. The highest BCUT2D eigenvalue weighted by atomic mass is 16.1. The Hall–Kier alpha value is -1.55. The Morgan fingerprint density at radius 2 is 1.67 bits per heavy atom. The van der Waals surface area contributed by atoms with Crippen LogP contribution in [-0.2, 0) is 4.79 Å². The summed E-state index contributed by atoms with van der Waals surface area (Å²) in [7, 11) is 2.16. The third-order valence-electron chi connectivity index (χ3n) is 3.71. The number of likely N-dealkylation sites (N-methyl/N-ethyl adjacent to an activating group) is 1. The fourth-order valence-electron chi connectivity index (χ4n) is 2.51. The highest BCUT2D eigenvalue weighted by molar-refractivity contribution is 5.91. The molecule has 1 aromatic rings. The summed E-state index contributed by atoms with van der Waals surface area (Å²) < 4.78 is 0. The molecule has 1 fully saturated rings. The van der Waals surface area contributed by atoms with Crippen LogP contribution in [0.3, 0.4) is 0 Å². The normalized spacial score (nSPS) is 16.9. The van der Waals surface area contributed by atoms with E-state index in [2.05, 4.69) is 55.1 Å². The van der Waals surface area contributed by atoms with E-state index in [-0.39, 0.29) is 11.3 Å². The molecule has 0 spiro atoms. The first-order chi connectivity index (χ1) is 9.83. The third-order valence-corrected chi connectivity index (χ3v) is 3.71. The van der Waals surface area contributed by atoms with Gasteiger partial charge in [0.05, 0.1) is 0 Å². The van der Waals surface area contributed by atoms with Crippen molar-refractivity contribution < 1.29 is 4.79 Å². The summed E-state index contributed by atoms with van der Waals surface area (Å²) in [6.45, 7) is 10.5. The molecule has 0 aliphatic carbocycles. The molecule has 21 heavy (non-hydrogen) atoms. The third kappa shape index (κ3) is 5.05. The topological polar surface area (TPSA) is 35.6 Å². The average Bonchev–Trinajstić information content (AvgIpc) is 2.38. The number of amides is 1. The van der Waals surface area contributed by atoms with Gasteiger partial charge in [0.25, 0.3) is 0 Å². The number of anilines is 2. The molecule has 1 aliphatic rings. The molecule has 0 saturated carbocycles. The summed E-state index contributed by atoms with van der Waals surface area (Å²) in [5.41, 5.74) is 2.13. The highest BCUT2D eigenvalue weighted by Crippen LogP contribution is 2.22. The standard InChI is InChI=1S/C17H27N3O/c1-17(2,3)13-16(21)18-14-5-7-15(8-6-14)20-11-9-19(4)10-12-20/h5-8H,9-13H2,1-4H3,(H,18,21). The van der Waals surface area contributed by atoms with Crippen LogP contribution in [0.25, 0.3) is 0 Å². The van der Waals surface area contributed by atoms with Crippen molar-refractivity contribution in [1.29, 1.82) is 0 Å². The maximum absolute atomic E-state index is 11.9. The molecule has 1 heterocycles. The molecule has 4 heteroatoms. The number of hydrogen-bond acceptors (Lipinski definition) is 3. The average molecular weight is 289 g/mol. The molecule has 0 atom stereocenters. The Morgan fingerprint density at radius 3 is 2.19 bits per heavy atom. The van der Waals surface area contributed by atoms with Gasteiger partial charge in [0.15, 0.2) is 0 Å². The maximum Gasteiger partial charge on any atom is 0.224 e. The van der Waals surface area contributed by atoms with E-state index in [1.807, 2.05) is 12.1 Å². The predicted octanol–water partition coefficient (Wildman–Crippen LogP) is 2.81. The van der Waals surface area contributed by atoms with Crippen LogP contribution in [0.4, 0.5) is 11.4 Å². The summed E-state index contributed by atoms with van der Waals surface area (Å²) in [5.74, 6) is 0.0786. The van der Waals surface area contributed by atoms with Crippen LogP contribution in [0.2, 0.25) is 0 Å². The molecular formula is C17H27N3O. The number of hydrogen-bond donors (Lipinski definition) is 1. The number of benzene rings is 1. The summed E-state index contributed by atoms with van der Waals surface area (Å²) in [6.07, 6.45) is 0.535. The molecule has 4 nitrogen and oxygen atoms in total. The van der Waals surface area contributed by atoms with Gasteiger partial charge < -0.3 is 15.1 Å². The minimum atomic E-state index is 0.0177. The lowest BCUT2D eigenvalue weighted by Crippen LogP contribution is -2.44. The number of carbonyl (C=O) groups is 1. The van der Waals surface area contributed by atoms with Gasteiger partial charge in [-0.1, -0.05) is 20.8 Å². The quantitative estimate of drug-likeness (QED) is 0.929.